The van der Waals surface area contributed by atoms with Crippen molar-refractivity contribution in [2.75, 3.05) is 7.11 Å². The first kappa shape index (κ1) is 16.8. The van der Waals surface area contributed by atoms with Crippen LogP contribution >= 0.6 is 23.1 Å². The Morgan fingerprint density at radius 2 is 1.93 bits per heavy atom. The number of carbonyl (C=O) groups excluding carboxylic acids is 1. The maximum Gasteiger partial charge on any atom is 0.337 e. The van der Waals surface area contributed by atoms with Crippen LogP contribution in [-0.4, -0.2) is 23.3 Å². The molecule has 0 saturated heterocycles. The summed E-state index contributed by atoms with van der Waals surface area (Å²) in [5.41, 5.74) is 4.45. The van der Waals surface area contributed by atoms with Crippen LogP contribution in [0.1, 0.15) is 43.8 Å². The normalized spacial score (nSPS) is 22.6. The average molecular weight is 396 g/mol. The van der Waals surface area contributed by atoms with E-state index in [4.69, 9.17) is 4.74 Å². The molecule has 1 aliphatic heterocycles. The first-order valence-corrected chi connectivity index (χ1v) is 10.5. The van der Waals surface area contributed by atoms with E-state index >= 15 is 0 Å². The maximum atomic E-state index is 12.1. The number of aromatic amines is 1. The number of hydrogen-bond donors (Lipinski definition) is 1. The van der Waals surface area contributed by atoms with Crippen LogP contribution < -0.4 is 4.87 Å². The van der Waals surface area contributed by atoms with Gasteiger partial charge >= 0.3 is 10.8 Å². The van der Waals surface area contributed by atoms with Gasteiger partial charge < -0.3 is 9.72 Å². The van der Waals surface area contributed by atoms with Gasteiger partial charge in [0, 0.05) is 22.0 Å². The van der Waals surface area contributed by atoms with E-state index in [0.717, 1.165) is 21.9 Å². The van der Waals surface area contributed by atoms with Gasteiger partial charge in [0.05, 0.1) is 17.7 Å². The molecule has 5 rings (SSSR count). The molecular formula is C21H17NO3S2. The SMILES string of the molecule is COC(=O)c1ccc([C@@H]2c3sc(=O)[nH]c3S[C@H]3Cc4ccccc4[C@H]23)cc1. The molecule has 0 fully saturated rings. The Morgan fingerprint density at radius 3 is 2.70 bits per heavy atom. The molecule has 0 bridgehead atoms. The number of esters is 1. The number of rotatable bonds is 2. The molecule has 0 amide bonds. The summed E-state index contributed by atoms with van der Waals surface area (Å²) < 4.78 is 4.81. The zero-order valence-electron chi connectivity index (χ0n) is 14.6. The molecule has 3 aromatic rings. The molecule has 0 unspecified atom stereocenters. The molecule has 6 heteroatoms. The molecule has 2 aliphatic rings. The van der Waals surface area contributed by atoms with E-state index in [0.29, 0.717) is 16.7 Å². The Balaban J connectivity index is 1.65. The van der Waals surface area contributed by atoms with Crippen molar-refractivity contribution >= 4 is 29.1 Å². The van der Waals surface area contributed by atoms with Gasteiger partial charge in [-0.05, 0) is 35.2 Å². The molecule has 1 N–H and O–H groups in total. The van der Waals surface area contributed by atoms with Gasteiger partial charge in [-0.1, -0.05) is 47.7 Å². The number of nitrogens with one attached hydrogen (secondary N) is 1. The number of thiazole rings is 1. The van der Waals surface area contributed by atoms with Crippen LogP contribution in [0.25, 0.3) is 0 Å². The summed E-state index contributed by atoms with van der Waals surface area (Å²) in [5.74, 6) is 0.108. The molecule has 2 heterocycles. The van der Waals surface area contributed by atoms with Crippen molar-refractivity contribution in [1.82, 2.24) is 4.98 Å². The average Bonchev–Trinajstić information content (AvgIpc) is 3.24. The molecular weight excluding hydrogens is 378 g/mol. The number of aromatic nitrogens is 1. The summed E-state index contributed by atoms with van der Waals surface area (Å²) in [4.78, 5) is 28.0. The van der Waals surface area contributed by atoms with Gasteiger partial charge in [0.15, 0.2) is 0 Å². The van der Waals surface area contributed by atoms with E-state index in [9.17, 15) is 9.59 Å². The lowest BCUT2D eigenvalue weighted by atomic mass is 9.80. The summed E-state index contributed by atoms with van der Waals surface area (Å²) >= 11 is 3.10. The fourth-order valence-corrected chi connectivity index (χ4v) is 6.99. The van der Waals surface area contributed by atoms with Crippen molar-refractivity contribution in [2.45, 2.75) is 28.5 Å². The molecule has 4 nitrogen and oxygen atoms in total. The van der Waals surface area contributed by atoms with Crippen molar-refractivity contribution in [2.24, 2.45) is 0 Å². The number of benzene rings is 2. The van der Waals surface area contributed by atoms with Crippen LogP contribution in [0.3, 0.4) is 0 Å². The van der Waals surface area contributed by atoms with E-state index in [2.05, 4.69) is 29.2 Å². The van der Waals surface area contributed by atoms with Crippen LogP contribution in [0, 0.1) is 0 Å². The number of fused-ring (bicyclic) bond motifs is 4. The highest BCUT2D eigenvalue weighted by atomic mass is 32.2. The van der Waals surface area contributed by atoms with Crippen LogP contribution in [0.4, 0.5) is 0 Å². The highest BCUT2D eigenvalue weighted by Crippen LogP contribution is 2.57. The predicted octanol–water partition coefficient (Wildman–Crippen LogP) is 4.17. The Kier molecular flexibility index (Phi) is 3.98. The second-order valence-electron chi connectivity index (χ2n) is 6.88. The van der Waals surface area contributed by atoms with Crippen LogP contribution in [0.5, 0.6) is 0 Å². The van der Waals surface area contributed by atoms with E-state index in [1.54, 1.807) is 11.8 Å². The molecule has 27 heavy (non-hydrogen) atoms. The standard InChI is InChI=1S/C21H17NO3S2/c1-25-20(23)12-8-6-11(7-9-12)16-17-14-5-3-2-4-13(14)10-15(17)26-19-18(16)27-21(24)22-19/h2-9,15-17H,10H2,1H3,(H,22,24)/t15-,16-,17-/m0/s1. The minimum atomic E-state index is -0.336. The maximum absolute atomic E-state index is 12.1. The van der Waals surface area contributed by atoms with Gasteiger partial charge in [0.25, 0.3) is 0 Å². The molecule has 0 saturated carbocycles. The highest BCUT2D eigenvalue weighted by Gasteiger charge is 2.45. The summed E-state index contributed by atoms with van der Waals surface area (Å²) in [6.07, 6.45) is 1.01. The fraction of sp³-hybridized carbons (Fsp3) is 0.238. The monoisotopic (exact) mass is 395 g/mol. The van der Waals surface area contributed by atoms with Crippen molar-refractivity contribution < 1.29 is 9.53 Å². The second kappa shape index (κ2) is 6.39. The predicted molar refractivity (Wildman–Crippen MR) is 107 cm³/mol. The molecule has 3 atom stereocenters. The van der Waals surface area contributed by atoms with Gasteiger partial charge in [0.2, 0.25) is 0 Å². The van der Waals surface area contributed by atoms with E-state index < -0.39 is 0 Å². The Morgan fingerprint density at radius 1 is 1.15 bits per heavy atom. The van der Waals surface area contributed by atoms with Crippen LogP contribution in [0.2, 0.25) is 0 Å². The summed E-state index contributed by atoms with van der Waals surface area (Å²) in [6, 6.07) is 16.2. The zero-order chi connectivity index (χ0) is 18.5. The van der Waals surface area contributed by atoms with Crippen LogP contribution in [-0.2, 0) is 11.2 Å². The molecule has 2 aromatic carbocycles. The molecule has 1 aromatic heterocycles. The van der Waals surface area contributed by atoms with E-state index in [1.165, 1.54) is 29.6 Å². The summed E-state index contributed by atoms with van der Waals surface area (Å²) in [6.45, 7) is 0. The van der Waals surface area contributed by atoms with E-state index in [1.807, 2.05) is 24.3 Å². The number of ether oxygens (including phenoxy) is 1. The lowest BCUT2D eigenvalue weighted by Gasteiger charge is -2.33. The number of methoxy groups -OCH3 is 1. The van der Waals surface area contributed by atoms with Gasteiger partial charge in [0.1, 0.15) is 0 Å². The minimum Gasteiger partial charge on any atom is -0.465 e. The van der Waals surface area contributed by atoms with Crippen molar-refractivity contribution in [3.63, 3.8) is 0 Å². The van der Waals surface area contributed by atoms with Gasteiger partial charge in [-0.3, -0.25) is 4.79 Å². The lowest BCUT2D eigenvalue weighted by molar-refractivity contribution is 0.0600. The topological polar surface area (TPSA) is 59.2 Å². The Hall–Kier alpha value is -2.31. The third-order valence-corrected chi connectivity index (χ3v) is 7.89. The fourth-order valence-electron chi connectivity index (χ4n) is 4.33. The third-order valence-electron chi connectivity index (χ3n) is 5.48. The summed E-state index contributed by atoms with van der Waals surface area (Å²) in [5, 5.41) is 1.41. The Labute approximate surface area is 164 Å². The summed E-state index contributed by atoms with van der Waals surface area (Å²) in [7, 11) is 1.39. The highest BCUT2D eigenvalue weighted by molar-refractivity contribution is 8.00. The van der Waals surface area contributed by atoms with Crippen molar-refractivity contribution in [3.8, 4) is 0 Å². The first-order valence-electron chi connectivity index (χ1n) is 8.81. The number of H-pyrrole nitrogens is 1. The van der Waals surface area contributed by atoms with Gasteiger partial charge in [-0.2, -0.15) is 0 Å². The van der Waals surface area contributed by atoms with E-state index in [-0.39, 0.29) is 16.8 Å². The van der Waals surface area contributed by atoms with Gasteiger partial charge in [-0.25, -0.2) is 4.79 Å². The van der Waals surface area contributed by atoms with Crippen LogP contribution in [0.15, 0.2) is 58.4 Å². The minimum absolute atomic E-state index is 0.00283. The molecule has 136 valence electrons. The van der Waals surface area contributed by atoms with Gasteiger partial charge in [-0.15, -0.1) is 11.8 Å². The second-order valence-corrected chi connectivity index (χ2v) is 9.15. The third kappa shape index (κ3) is 2.66. The largest absolute Gasteiger partial charge is 0.465 e. The zero-order valence-corrected chi connectivity index (χ0v) is 16.2. The number of hydrogen-bond acceptors (Lipinski definition) is 5. The Bertz CT molecular complexity index is 1080. The molecule has 0 radical (unpaired) electrons. The first-order chi connectivity index (χ1) is 13.2. The van der Waals surface area contributed by atoms with Crippen molar-refractivity contribution in [1.29, 1.82) is 0 Å². The quantitative estimate of drug-likeness (QED) is 0.662. The molecule has 0 spiro atoms. The van der Waals surface area contributed by atoms with Crippen molar-refractivity contribution in [3.05, 3.63) is 85.3 Å². The molecule has 1 aliphatic carbocycles. The number of thioether (sulfide) groups is 1. The number of carbonyl (C=O) groups is 1. The lowest BCUT2D eigenvalue weighted by Crippen LogP contribution is -2.23. The smallest absolute Gasteiger partial charge is 0.337 e.